The second-order valence-electron chi connectivity index (χ2n) is 10.2. The average Bonchev–Trinajstić information content (AvgIpc) is 3.43. The number of hydrogen-bond acceptors (Lipinski definition) is 8. The van der Waals surface area contributed by atoms with E-state index in [9.17, 15) is 26.4 Å². The third kappa shape index (κ3) is 5.51. The molecule has 10 nitrogen and oxygen atoms in total. The van der Waals surface area contributed by atoms with Gasteiger partial charge < -0.3 is 5.73 Å². The Balaban J connectivity index is 1.62. The molecule has 0 bridgehead atoms. The summed E-state index contributed by atoms with van der Waals surface area (Å²) in [6, 6.07) is 3.97. The van der Waals surface area contributed by atoms with Gasteiger partial charge in [-0.05, 0) is 61.7 Å². The zero-order valence-corrected chi connectivity index (χ0v) is 23.4. The number of allylic oxidation sites excluding steroid dienone is 3. The van der Waals surface area contributed by atoms with Gasteiger partial charge >= 0.3 is 0 Å². The maximum absolute atomic E-state index is 14.2. The van der Waals surface area contributed by atoms with Crippen molar-refractivity contribution in [1.29, 1.82) is 0 Å². The van der Waals surface area contributed by atoms with Gasteiger partial charge in [-0.2, -0.15) is 9.40 Å². The van der Waals surface area contributed by atoms with Crippen molar-refractivity contribution in [2.45, 2.75) is 36.6 Å². The Labute approximate surface area is 240 Å². The van der Waals surface area contributed by atoms with Crippen LogP contribution in [0.2, 0.25) is 0 Å². The number of fused-ring (bicyclic) bond motifs is 1. The van der Waals surface area contributed by atoms with E-state index < -0.39 is 52.1 Å². The summed E-state index contributed by atoms with van der Waals surface area (Å²) in [6.45, 7) is -1.37. The Morgan fingerprint density at radius 3 is 2.69 bits per heavy atom. The number of carbonyl (C=O) groups excluding carboxylic acids is 1. The third-order valence-corrected chi connectivity index (χ3v) is 9.52. The van der Waals surface area contributed by atoms with Crippen LogP contribution in [0.25, 0.3) is 0 Å². The molecule has 2 aliphatic carbocycles. The minimum absolute atomic E-state index is 0.000701. The Morgan fingerprint density at radius 2 is 2.05 bits per heavy atom. The Kier molecular flexibility index (Phi) is 8.10. The van der Waals surface area contributed by atoms with Crippen molar-refractivity contribution < 1.29 is 26.4 Å². The van der Waals surface area contributed by atoms with Crippen LogP contribution < -0.4 is 5.73 Å². The highest BCUT2D eigenvalue weighted by Gasteiger charge is 2.52. The highest BCUT2D eigenvalue weighted by Crippen LogP contribution is 2.52. The number of pyridine rings is 2. The number of ketones is 1. The normalized spacial score (nSPS) is 22.8. The number of aliphatic imine (C=N–C) groups is 1. The molecule has 1 saturated carbocycles. The number of nitrogens with zero attached hydrogens (tertiary/aromatic N) is 6. The van der Waals surface area contributed by atoms with Crippen molar-refractivity contribution in [1.82, 2.24) is 24.1 Å². The number of nitrogens with two attached hydrogens (primary N) is 1. The number of Topliss-reactive ketones (excluding diaryl/α,β-unsaturated/α-hetero) is 1. The van der Waals surface area contributed by atoms with Gasteiger partial charge in [0, 0.05) is 38.1 Å². The van der Waals surface area contributed by atoms with E-state index in [1.807, 2.05) is 0 Å². The molecule has 2 aliphatic rings. The van der Waals surface area contributed by atoms with Crippen molar-refractivity contribution in [2.24, 2.45) is 23.2 Å². The Hall–Kier alpha value is -4.17. The van der Waals surface area contributed by atoms with E-state index in [2.05, 4.69) is 20.1 Å². The molecule has 0 radical (unpaired) electrons. The van der Waals surface area contributed by atoms with Crippen LogP contribution >= 0.6 is 0 Å². The standard InChI is InChI=1S/C28H28F3N7O3S/c1-37-17-23(16-35-37)42(40,41)38(9-7-29)22-4-2-19-10-24(36-26-5-3-21(31)15-34-26)18(14-32)12-28(19,13-22)27(39)25-11-20(30)6-8-33-25/h3,5-6,8,10-11,14-17,22H,2,4,7,9,12-13,32H2,1H3/b18-14-,36-24?/t22-,28-/m0/s1. The minimum atomic E-state index is -4.18. The van der Waals surface area contributed by atoms with Gasteiger partial charge in [0.25, 0.3) is 0 Å². The SMILES string of the molecule is Cn1cc(S(=O)(=O)N(CCF)[C@H]2CCC3=CC(=Nc4ccc(F)cn4)/C(=C\N)C[C@]3(C(=O)c3cc(F)ccn3)C2)cn1. The van der Waals surface area contributed by atoms with Gasteiger partial charge in [0.15, 0.2) is 11.6 Å². The molecule has 0 unspecified atom stereocenters. The van der Waals surface area contributed by atoms with Crippen molar-refractivity contribution in [3.63, 3.8) is 0 Å². The third-order valence-electron chi connectivity index (χ3n) is 7.62. The van der Waals surface area contributed by atoms with Crippen LogP contribution in [0.5, 0.6) is 0 Å². The first-order valence-corrected chi connectivity index (χ1v) is 14.6. The predicted octanol–water partition coefficient (Wildman–Crippen LogP) is 3.82. The van der Waals surface area contributed by atoms with Crippen LogP contribution in [-0.4, -0.2) is 63.2 Å². The van der Waals surface area contributed by atoms with E-state index in [1.54, 1.807) is 13.1 Å². The average molecular weight is 600 g/mol. The lowest BCUT2D eigenvalue weighted by Gasteiger charge is -2.47. The van der Waals surface area contributed by atoms with Crippen molar-refractivity contribution in [3.05, 3.63) is 89.8 Å². The quantitative estimate of drug-likeness (QED) is 0.389. The lowest BCUT2D eigenvalue weighted by molar-refractivity contribution is 0.0734. The molecule has 0 saturated heterocycles. The summed E-state index contributed by atoms with van der Waals surface area (Å²) in [5.41, 5.74) is 5.97. The minimum Gasteiger partial charge on any atom is -0.404 e. The molecule has 3 heterocycles. The lowest BCUT2D eigenvalue weighted by Crippen LogP contribution is -2.51. The van der Waals surface area contributed by atoms with Gasteiger partial charge in [-0.25, -0.2) is 31.6 Å². The number of halogens is 3. The van der Waals surface area contributed by atoms with Crippen LogP contribution in [-0.2, 0) is 17.1 Å². The Bertz CT molecular complexity index is 1700. The second-order valence-corrected chi connectivity index (χ2v) is 12.1. The molecule has 1 fully saturated rings. The van der Waals surface area contributed by atoms with Gasteiger partial charge in [-0.1, -0.05) is 5.57 Å². The molecule has 0 aliphatic heterocycles. The van der Waals surface area contributed by atoms with Crippen molar-refractivity contribution in [3.8, 4) is 0 Å². The molecule has 42 heavy (non-hydrogen) atoms. The number of aryl methyl sites for hydroxylation is 1. The number of hydrogen-bond donors (Lipinski definition) is 1. The monoisotopic (exact) mass is 599 g/mol. The van der Waals surface area contributed by atoms with Crippen LogP contribution in [0.15, 0.2) is 82.4 Å². The van der Waals surface area contributed by atoms with Gasteiger partial charge in [0.2, 0.25) is 10.0 Å². The molecule has 3 aromatic heterocycles. The molecule has 14 heteroatoms. The van der Waals surface area contributed by atoms with Crippen molar-refractivity contribution in [2.75, 3.05) is 13.2 Å². The largest absolute Gasteiger partial charge is 0.404 e. The molecule has 3 aromatic rings. The number of carbonyl (C=O) groups is 1. The molecule has 0 aromatic carbocycles. The summed E-state index contributed by atoms with van der Waals surface area (Å²) >= 11 is 0. The molecule has 5 rings (SSSR count). The number of rotatable bonds is 8. The molecule has 2 N–H and O–H groups in total. The zero-order valence-electron chi connectivity index (χ0n) is 22.6. The highest BCUT2D eigenvalue weighted by molar-refractivity contribution is 7.89. The summed E-state index contributed by atoms with van der Waals surface area (Å²) in [5, 5.41) is 3.94. The van der Waals surface area contributed by atoms with Gasteiger partial charge in [-0.15, -0.1) is 0 Å². The van der Waals surface area contributed by atoms with Crippen molar-refractivity contribution >= 4 is 27.3 Å². The van der Waals surface area contributed by atoms with E-state index in [0.29, 0.717) is 16.9 Å². The topological polar surface area (TPSA) is 136 Å². The maximum Gasteiger partial charge on any atom is 0.246 e. The summed E-state index contributed by atoms with van der Waals surface area (Å²) in [6.07, 6.45) is 8.20. The van der Waals surface area contributed by atoms with Gasteiger partial charge in [-0.3, -0.25) is 14.5 Å². The highest BCUT2D eigenvalue weighted by atomic mass is 32.2. The van der Waals surface area contributed by atoms with Crippen LogP contribution in [0.4, 0.5) is 19.0 Å². The first kappa shape index (κ1) is 29.3. The zero-order chi connectivity index (χ0) is 30.1. The number of aromatic nitrogens is 4. The van der Waals surface area contributed by atoms with E-state index in [-0.39, 0.29) is 42.1 Å². The molecule has 220 valence electrons. The maximum atomic E-state index is 14.2. The first-order chi connectivity index (χ1) is 20.1. The molecular formula is C28H28F3N7O3S. The summed E-state index contributed by atoms with van der Waals surface area (Å²) in [4.78, 5) is 26.7. The summed E-state index contributed by atoms with van der Waals surface area (Å²) in [5.74, 6) is -1.48. The van der Waals surface area contributed by atoms with Crippen LogP contribution in [0.3, 0.4) is 0 Å². The Morgan fingerprint density at radius 1 is 1.24 bits per heavy atom. The fraction of sp³-hybridized carbons (Fsp3) is 0.321. The van der Waals surface area contributed by atoms with E-state index in [4.69, 9.17) is 5.73 Å². The number of alkyl halides is 1. The lowest BCUT2D eigenvalue weighted by atomic mass is 9.59. The molecular weight excluding hydrogens is 571 g/mol. The van der Waals surface area contributed by atoms with Gasteiger partial charge in [0.05, 0.1) is 23.5 Å². The molecule has 2 atom stereocenters. The van der Waals surface area contributed by atoms with E-state index in [0.717, 1.165) is 22.6 Å². The van der Waals surface area contributed by atoms with E-state index in [1.165, 1.54) is 41.6 Å². The first-order valence-electron chi connectivity index (χ1n) is 13.1. The number of sulfonamides is 1. The summed E-state index contributed by atoms with van der Waals surface area (Å²) < 4.78 is 71.1. The summed E-state index contributed by atoms with van der Waals surface area (Å²) in [7, 11) is -2.61. The van der Waals surface area contributed by atoms with Crippen LogP contribution in [0.1, 0.15) is 36.2 Å². The molecule has 0 spiro atoms. The predicted molar refractivity (Wildman–Crippen MR) is 148 cm³/mol. The van der Waals surface area contributed by atoms with Gasteiger partial charge in [0.1, 0.15) is 28.9 Å². The fourth-order valence-corrected chi connectivity index (χ4v) is 7.28. The smallest absolute Gasteiger partial charge is 0.246 e. The van der Waals surface area contributed by atoms with E-state index >= 15 is 0 Å². The fourth-order valence-electron chi connectivity index (χ4n) is 5.66. The second kappa shape index (κ2) is 11.6. The molecule has 0 amide bonds. The van der Waals surface area contributed by atoms with Crippen LogP contribution in [0, 0.1) is 17.0 Å².